The first kappa shape index (κ1) is 11.7. The number of aromatic carboxylic acids is 1. The number of rotatable bonds is 2. The van der Waals surface area contributed by atoms with E-state index in [4.69, 9.17) is 16.7 Å². The lowest BCUT2D eigenvalue weighted by molar-refractivity contribution is 0.0697. The molecule has 0 aliphatic heterocycles. The van der Waals surface area contributed by atoms with Crippen molar-refractivity contribution in [2.75, 3.05) is 0 Å². The summed E-state index contributed by atoms with van der Waals surface area (Å²) in [5.41, 5.74) is 3.12. The molecule has 2 rings (SSSR count). The van der Waals surface area contributed by atoms with Crippen molar-refractivity contribution in [3.05, 3.63) is 58.6 Å². The Hall–Kier alpha value is -1.80. The summed E-state index contributed by atoms with van der Waals surface area (Å²) in [6, 6.07) is 12.7. The zero-order chi connectivity index (χ0) is 12.4. The summed E-state index contributed by atoms with van der Waals surface area (Å²) in [6.07, 6.45) is 0. The van der Waals surface area contributed by atoms with Gasteiger partial charge in [0.15, 0.2) is 0 Å². The van der Waals surface area contributed by atoms with Gasteiger partial charge >= 0.3 is 5.97 Å². The predicted octanol–water partition coefficient (Wildman–Crippen LogP) is 4.01. The van der Waals surface area contributed by atoms with Gasteiger partial charge in [-0.05, 0) is 41.8 Å². The summed E-state index contributed by atoms with van der Waals surface area (Å²) >= 11 is 5.93. The first-order valence-corrected chi connectivity index (χ1v) is 5.55. The second kappa shape index (κ2) is 4.60. The molecule has 0 aliphatic rings. The second-order valence-corrected chi connectivity index (χ2v) is 4.29. The molecule has 0 fully saturated rings. The van der Waals surface area contributed by atoms with Crippen LogP contribution in [0.25, 0.3) is 11.1 Å². The van der Waals surface area contributed by atoms with E-state index in [1.165, 1.54) is 6.07 Å². The summed E-state index contributed by atoms with van der Waals surface area (Å²) in [5.74, 6) is -0.970. The fourth-order valence-corrected chi connectivity index (χ4v) is 2.00. The number of carboxylic acid groups (broad SMARTS) is 1. The molecule has 0 spiro atoms. The summed E-state index contributed by atoms with van der Waals surface area (Å²) in [7, 11) is 0. The topological polar surface area (TPSA) is 37.3 Å². The number of aryl methyl sites for hydroxylation is 1. The lowest BCUT2D eigenvalue weighted by atomic mass is 9.99. The van der Waals surface area contributed by atoms with Crippen molar-refractivity contribution < 1.29 is 9.90 Å². The predicted molar refractivity (Wildman–Crippen MR) is 68.6 cm³/mol. The number of carbonyl (C=O) groups is 1. The Morgan fingerprint density at radius 3 is 2.53 bits per heavy atom. The van der Waals surface area contributed by atoms with Gasteiger partial charge < -0.3 is 5.11 Å². The number of benzene rings is 2. The van der Waals surface area contributed by atoms with Gasteiger partial charge in [-0.2, -0.15) is 0 Å². The molecule has 0 atom stereocenters. The van der Waals surface area contributed by atoms with Gasteiger partial charge in [0.1, 0.15) is 0 Å². The quantitative estimate of drug-likeness (QED) is 0.869. The van der Waals surface area contributed by atoms with Gasteiger partial charge in [-0.1, -0.05) is 35.9 Å². The van der Waals surface area contributed by atoms with Gasteiger partial charge in [-0.15, -0.1) is 0 Å². The maximum atomic E-state index is 11.0. The third-order valence-electron chi connectivity index (χ3n) is 2.60. The Labute approximate surface area is 104 Å². The van der Waals surface area contributed by atoms with Crippen LogP contribution in [0, 0.1) is 6.92 Å². The molecule has 1 N–H and O–H groups in total. The second-order valence-electron chi connectivity index (χ2n) is 3.85. The Morgan fingerprint density at radius 1 is 1.18 bits per heavy atom. The average molecular weight is 247 g/mol. The van der Waals surface area contributed by atoms with Crippen molar-refractivity contribution in [2.24, 2.45) is 0 Å². The zero-order valence-electron chi connectivity index (χ0n) is 9.27. The van der Waals surface area contributed by atoms with E-state index in [-0.39, 0.29) is 5.56 Å². The van der Waals surface area contributed by atoms with Crippen molar-refractivity contribution >= 4 is 17.6 Å². The number of hydrogen-bond acceptors (Lipinski definition) is 1. The monoisotopic (exact) mass is 246 g/mol. The van der Waals surface area contributed by atoms with Crippen LogP contribution in [-0.2, 0) is 0 Å². The molecule has 0 aliphatic carbocycles. The third kappa shape index (κ3) is 2.48. The van der Waals surface area contributed by atoms with Gasteiger partial charge in [-0.25, -0.2) is 4.79 Å². The Morgan fingerprint density at radius 2 is 1.88 bits per heavy atom. The van der Waals surface area contributed by atoms with Crippen LogP contribution in [-0.4, -0.2) is 11.1 Å². The van der Waals surface area contributed by atoms with Crippen LogP contribution in [0.3, 0.4) is 0 Å². The molecule has 17 heavy (non-hydrogen) atoms. The molecule has 3 heteroatoms. The first-order chi connectivity index (χ1) is 8.08. The van der Waals surface area contributed by atoms with E-state index in [2.05, 4.69) is 0 Å². The molecule has 0 radical (unpaired) electrons. The van der Waals surface area contributed by atoms with E-state index in [1.807, 2.05) is 31.2 Å². The average Bonchev–Trinajstić information content (AvgIpc) is 2.28. The largest absolute Gasteiger partial charge is 0.478 e. The van der Waals surface area contributed by atoms with Crippen LogP contribution < -0.4 is 0 Å². The standard InChI is InChI=1S/C14H11ClO2/c1-9-4-2-3-5-13(9)10-6-11(14(16)17)8-12(15)7-10/h2-8H,1H3,(H,16,17). The van der Waals surface area contributed by atoms with Crippen molar-refractivity contribution in [1.82, 2.24) is 0 Å². The molecule has 0 aromatic heterocycles. The van der Waals surface area contributed by atoms with Gasteiger partial charge in [0.2, 0.25) is 0 Å². The highest BCUT2D eigenvalue weighted by Gasteiger charge is 2.08. The maximum absolute atomic E-state index is 11.0. The molecular formula is C14H11ClO2. The van der Waals surface area contributed by atoms with E-state index in [0.717, 1.165) is 16.7 Å². The van der Waals surface area contributed by atoms with Crippen LogP contribution in [0.1, 0.15) is 15.9 Å². The molecule has 0 saturated heterocycles. The number of hydrogen-bond donors (Lipinski definition) is 1. The fourth-order valence-electron chi connectivity index (χ4n) is 1.77. The molecule has 0 amide bonds. The first-order valence-electron chi connectivity index (χ1n) is 5.18. The van der Waals surface area contributed by atoms with Crippen LogP contribution in [0.5, 0.6) is 0 Å². The van der Waals surface area contributed by atoms with Crippen LogP contribution in [0.15, 0.2) is 42.5 Å². The normalized spacial score (nSPS) is 10.2. The lowest BCUT2D eigenvalue weighted by Gasteiger charge is -2.07. The van der Waals surface area contributed by atoms with Crippen LogP contribution in [0.4, 0.5) is 0 Å². The smallest absolute Gasteiger partial charge is 0.335 e. The highest BCUT2D eigenvalue weighted by molar-refractivity contribution is 6.31. The van der Waals surface area contributed by atoms with E-state index < -0.39 is 5.97 Å². The summed E-state index contributed by atoms with van der Waals surface area (Å²) < 4.78 is 0. The molecule has 86 valence electrons. The maximum Gasteiger partial charge on any atom is 0.335 e. The van der Waals surface area contributed by atoms with Crippen molar-refractivity contribution in [1.29, 1.82) is 0 Å². The SMILES string of the molecule is Cc1ccccc1-c1cc(Cl)cc(C(=O)O)c1. The van der Waals surface area contributed by atoms with E-state index in [0.29, 0.717) is 5.02 Å². The highest BCUT2D eigenvalue weighted by atomic mass is 35.5. The van der Waals surface area contributed by atoms with Crippen molar-refractivity contribution in [3.8, 4) is 11.1 Å². The number of halogens is 1. The van der Waals surface area contributed by atoms with Crippen molar-refractivity contribution in [3.63, 3.8) is 0 Å². The Bertz CT molecular complexity index is 576. The molecule has 2 aromatic carbocycles. The van der Waals surface area contributed by atoms with Gasteiger partial charge in [0.05, 0.1) is 5.56 Å². The molecule has 0 bridgehead atoms. The van der Waals surface area contributed by atoms with E-state index >= 15 is 0 Å². The van der Waals surface area contributed by atoms with E-state index in [9.17, 15) is 4.79 Å². The van der Waals surface area contributed by atoms with Gasteiger partial charge in [0, 0.05) is 5.02 Å². The van der Waals surface area contributed by atoms with Crippen LogP contribution >= 0.6 is 11.6 Å². The molecule has 2 nitrogen and oxygen atoms in total. The fraction of sp³-hybridized carbons (Fsp3) is 0.0714. The Kier molecular flexibility index (Phi) is 3.16. The van der Waals surface area contributed by atoms with Crippen molar-refractivity contribution in [2.45, 2.75) is 6.92 Å². The van der Waals surface area contributed by atoms with E-state index in [1.54, 1.807) is 12.1 Å². The lowest BCUT2D eigenvalue weighted by Crippen LogP contribution is -1.96. The molecule has 0 saturated carbocycles. The highest BCUT2D eigenvalue weighted by Crippen LogP contribution is 2.27. The minimum absolute atomic E-state index is 0.204. The van der Waals surface area contributed by atoms with Crippen LogP contribution in [0.2, 0.25) is 5.02 Å². The molecule has 0 unspecified atom stereocenters. The molecular weight excluding hydrogens is 236 g/mol. The minimum Gasteiger partial charge on any atom is -0.478 e. The molecule has 0 heterocycles. The number of carboxylic acids is 1. The summed E-state index contributed by atoms with van der Waals surface area (Å²) in [5, 5.41) is 9.42. The zero-order valence-corrected chi connectivity index (χ0v) is 10.0. The third-order valence-corrected chi connectivity index (χ3v) is 2.82. The summed E-state index contributed by atoms with van der Waals surface area (Å²) in [6.45, 7) is 1.98. The van der Waals surface area contributed by atoms with Gasteiger partial charge in [0.25, 0.3) is 0 Å². The van der Waals surface area contributed by atoms with Gasteiger partial charge in [-0.3, -0.25) is 0 Å². The Balaban J connectivity index is 2.60. The molecule has 2 aromatic rings. The summed E-state index contributed by atoms with van der Waals surface area (Å²) in [4.78, 5) is 11.0. The minimum atomic E-state index is -0.970.